The highest BCUT2D eigenvalue weighted by Gasteiger charge is 2.38. The predicted octanol–water partition coefficient (Wildman–Crippen LogP) is 5.14. The predicted molar refractivity (Wildman–Crippen MR) is 123 cm³/mol. The van der Waals surface area contributed by atoms with Gasteiger partial charge < -0.3 is 24.8 Å². The zero-order chi connectivity index (χ0) is 21.9. The summed E-state index contributed by atoms with van der Waals surface area (Å²) in [5.41, 5.74) is 0. The fraction of sp³-hybridized carbons (Fsp3) is 1.00. The molecule has 0 unspecified atom stereocenters. The van der Waals surface area contributed by atoms with E-state index in [1.165, 1.54) is 96.3 Å². The van der Waals surface area contributed by atoms with E-state index in [1.54, 1.807) is 0 Å². The molecule has 30 heavy (non-hydrogen) atoms. The first-order valence-electron chi connectivity index (χ1n) is 12.9. The Kier molecular flexibility index (Phi) is 18.1. The van der Waals surface area contributed by atoms with Gasteiger partial charge in [0.25, 0.3) is 0 Å². The van der Waals surface area contributed by atoms with Gasteiger partial charge in [0, 0.05) is 6.61 Å². The van der Waals surface area contributed by atoms with E-state index in [0.717, 1.165) is 12.8 Å². The third kappa shape index (κ3) is 13.3. The van der Waals surface area contributed by atoms with Crippen LogP contribution in [0.1, 0.15) is 116 Å². The molecule has 1 aliphatic rings. The van der Waals surface area contributed by atoms with Crippen molar-refractivity contribution in [1.29, 1.82) is 0 Å². The van der Waals surface area contributed by atoms with E-state index >= 15 is 0 Å². The van der Waals surface area contributed by atoms with Crippen LogP contribution in [0.2, 0.25) is 0 Å². The van der Waals surface area contributed by atoms with E-state index < -0.39 is 24.4 Å². The van der Waals surface area contributed by atoms with Crippen LogP contribution in [-0.4, -0.2) is 59.6 Å². The zero-order valence-corrected chi connectivity index (χ0v) is 19.6. The quantitative estimate of drug-likeness (QED) is 0.233. The van der Waals surface area contributed by atoms with E-state index in [-0.39, 0.29) is 13.2 Å². The summed E-state index contributed by atoms with van der Waals surface area (Å²) in [5, 5.41) is 29.1. The number of aliphatic hydroxyl groups excluding tert-OH is 3. The van der Waals surface area contributed by atoms with Gasteiger partial charge in [-0.15, -0.1) is 0 Å². The maximum absolute atomic E-state index is 10.1. The van der Waals surface area contributed by atoms with E-state index in [4.69, 9.17) is 9.47 Å². The molecule has 0 aromatic rings. The molecule has 0 aromatic heterocycles. The van der Waals surface area contributed by atoms with Crippen LogP contribution in [0.15, 0.2) is 0 Å². The van der Waals surface area contributed by atoms with Gasteiger partial charge in [-0.3, -0.25) is 0 Å². The standard InChI is InChI=1S/C25H50O5/c1-2-3-4-5-6-7-8-9-10-11-12-13-14-15-16-17-18-19-29-25-22(27)21-30-23(20-26)24(25)28/h22-28H,2-21H2,1H3/t22-,23+,24+,25+/m1/s1. The molecular formula is C25H50O5. The Morgan fingerprint density at radius 1 is 0.700 bits per heavy atom. The minimum absolute atomic E-state index is 0.103. The van der Waals surface area contributed by atoms with Crippen LogP contribution in [0.25, 0.3) is 0 Å². The van der Waals surface area contributed by atoms with Gasteiger partial charge in [0.05, 0.1) is 13.2 Å². The van der Waals surface area contributed by atoms with Crippen molar-refractivity contribution in [2.24, 2.45) is 0 Å². The molecule has 5 nitrogen and oxygen atoms in total. The summed E-state index contributed by atoms with van der Waals surface area (Å²) in [4.78, 5) is 0. The maximum Gasteiger partial charge on any atom is 0.114 e. The lowest BCUT2D eigenvalue weighted by Gasteiger charge is -2.37. The van der Waals surface area contributed by atoms with E-state index in [1.807, 2.05) is 0 Å². The summed E-state index contributed by atoms with van der Waals surface area (Å²) in [6.07, 6.45) is 19.7. The average molecular weight is 431 g/mol. The highest BCUT2D eigenvalue weighted by Crippen LogP contribution is 2.19. The lowest BCUT2D eigenvalue weighted by atomic mass is 10.0. The fourth-order valence-corrected chi connectivity index (χ4v) is 4.27. The van der Waals surface area contributed by atoms with Crippen LogP contribution in [0.4, 0.5) is 0 Å². The lowest BCUT2D eigenvalue weighted by Crippen LogP contribution is -2.55. The Morgan fingerprint density at radius 2 is 1.13 bits per heavy atom. The number of hydrogen-bond donors (Lipinski definition) is 3. The van der Waals surface area contributed by atoms with Crippen molar-refractivity contribution in [2.45, 2.75) is 140 Å². The molecule has 0 aliphatic carbocycles. The first-order valence-corrected chi connectivity index (χ1v) is 12.9. The van der Waals surface area contributed by atoms with Crippen LogP contribution in [-0.2, 0) is 9.47 Å². The molecule has 1 aliphatic heterocycles. The van der Waals surface area contributed by atoms with Gasteiger partial charge in [-0.1, -0.05) is 110 Å². The molecule has 0 radical (unpaired) electrons. The van der Waals surface area contributed by atoms with Crippen LogP contribution in [0.5, 0.6) is 0 Å². The summed E-state index contributed by atoms with van der Waals surface area (Å²) in [6, 6.07) is 0. The second kappa shape index (κ2) is 19.5. The number of unbranched alkanes of at least 4 members (excludes halogenated alkanes) is 16. The van der Waals surface area contributed by atoms with Crippen LogP contribution >= 0.6 is 0 Å². The van der Waals surface area contributed by atoms with Gasteiger partial charge in [0.2, 0.25) is 0 Å². The monoisotopic (exact) mass is 430 g/mol. The molecule has 0 bridgehead atoms. The van der Waals surface area contributed by atoms with Gasteiger partial charge in [-0.25, -0.2) is 0 Å². The zero-order valence-electron chi connectivity index (χ0n) is 19.6. The molecule has 0 saturated carbocycles. The normalized spacial score (nSPS) is 24.4. The number of hydrogen-bond acceptors (Lipinski definition) is 5. The van der Waals surface area contributed by atoms with Crippen LogP contribution in [0.3, 0.4) is 0 Å². The van der Waals surface area contributed by atoms with Crippen molar-refractivity contribution in [3.05, 3.63) is 0 Å². The maximum atomic E-state index is 10.1. The van der Waals surface area contributed by atoms with Crippen molar-refractivity contribution in [2.75, 3.05) is 19.8 Å². The number of rotatable bonds is 20. The average Bonchev–Trinajstić information content (AvgIpc) is 2.75. The number of ether oxygens (including phenoxy) is 2. The van der Waals surface area contributed by atoms with Crippen molar-refractivity contribution in [1.82, 2.24) is 0 Å². The first kappa shape index (κ1) is 27.8. The summed E-state index contributed by atoms with van der Waals surface area (Å²) in [6.45, 7) is 2.66. The molecule has 180 valence electrons. The molecule has 4 atom stereocenters. The molecule has 1 heterocycles. The third-order valence-corrected chi connectivity index (χ3v) is 6.32. The number of aliphatic hydroxyl groups is 3. The Labute approximate surface area is 185 Å². The Bertz CT molecular complexity index is 365. The Hall–Kier alpha value is -0.200. The van der Waals surface area contributed by atoms with Crippen molar-refractivity contribution < 1.29 is 24.8 Å². The van der Waals surface area contributed by atoms with Crippen LogP contribution in [0, 0.1) is 0 Å². The smallest absolute Gasteiger partial charge is 0.114 e. The summed E-state index contributed by atoms with van der Waals surface area (Å²) < 4.78 is 10.9. The molecular weight excluding hydrogens is 380 g/mol. The van der Waals surface area contributed by atoms with E-state index in [0.29, 0.717) is 6.61 Å². The van der Waals surface area contributed by atoms with Gasteiger partial charge in [-0.05, 0) is 6.42 Å². The topological polar surface area (TPSA) is 79.2 Å². The summed E-state index contributed by atoms with van der Waals surface area (Å²) in [7, 11) is 0. The molecule has 3 N–H and O–H groups in total. The van der Waals surface area contributed by atoms with Gasteiger partial charge in [0.1, 0.15) is 24.4 Å². The van der Waals surface area contributed by atoms with Gasteiger partial charge in [0.15, 0.2) is 0 Å². The largest absolute Gasteiger partial charge is 0.394 e. The molecule has 1 fully saturated rings. The van der Waals surface area contributed by atoms with E-state index in [2.05, 4.69) is 6.92 Å². The molecule has 0 spiro atoms. The van der Waals surface area contributed by atoms with Gasteiger partial charge in [-0.2, -0.15) is 0 Å². The van der Waals surface area contributed by atoms with Crippen LogP contribution < -0.4 is 0 Å². The summed E-state index contributed by atoms with van der Waals surface area (Å²) in [5.74, 6) is 0. The highest BCUT2D eigenvalue weighted by atomic mass is 16.6. The first-order chi connectivity index (χ1) is 14.7. The Balaban J connectivity index is 1.80. The fourth-order valence-electron chi connectivity index (χ4n) is 4.27. The second-order valence-electron chi connectivity index (χ2n) is 9.10. The van der Waals surface area contributed by atoms with Crippen molar-refractivity contribution in [3.63, 3.8) is 0 Å². The SMILES string of the molecule is CCCCCCCCCCCCCCCCCCCO[C@@H]1[C@@H](O)[C@H](CO)OC[C@H]1O. The summed E-state index contributed by atoms with van der Waals surface area (Å²) >= 11 is 0. The van der Waals surface area contributed by atoms with Crippen molar-refractivity contribution in [3.8, 4) is 0 Å². The molecule has 1 rings (SSSR count). The minimum Gasteiger partial charge on any atom is -0.394 e. The van der Waals surface area contributed by atoms with Crippen molar-refractivity contribution >= 4 is 0 Å². The second-order valence-corrected chi connectivity index (χ2v) is 9.10. The highest BCUT2D eigenvalue weighted by molar-refractivity contribution is 4.87. The van der Waals surface area contributed by atoms with E-state index in [9.17, 15) is 15.3 Å². The minimum atomic E-state index is -0.968. The molecule has 5 heteroatoms. The molecule has 1 saturated heterocycles. The molecule has 0 amide bonds. The Morgan fingerprint density at radius 3 is 1.57 bits per heavy atom. The lowest BCUT2D eigenvalue weighted by molar-refractivity contribution is -0.210. The van der Waals surface area contributed by atoms with Gasteiger partial charge >= 0.3 is 0 Å². The molecule has 0 aromatic carbocycles. The third-order valence-electron chi connectivity index (χ3n) is 6.32.